The predicted octanol–water partition coefficient (Wildman–Crippen LogP) is 0.893. The van der Waals surface area contributed by atoms with Crippen LogP contribution in [-0.4, -0.2) is 4.68 Å². The first kappa shape index (κ1) is 6.33. The van der Waals surface area contributed by atoms with Crippen molar-refractivity contribution in [2.75, 3.05) is 0 Å². The van der Waals surface area contributed by atoms with E-state index < -0.39 is 0 Å². The second-order valence-electron chi connectivity index (χ2n) is 2.54. The van der Waals surface area contributed by atoms with Gasteiger partial charge in [0, 0.05) is 6.07 Å². The van der Waals surface area contributed by atoms with E-state index in [2.05, 4.69) is 29.4 Å². The van der Waals surface area contributed by atoms with Gasteiger partial charge in [-0.25, -0.2) is 0 Å². The molecule has 2 nitrogen and oxygen atoms in total. The van der Waals surface area contributed by atoms with Crippen LogP contribution in [0.1, 0.15) is 19.9 Å². The summed E-state index contributed by atoms with van der Waals surface area (Å²) < 4.78 is 4.24. The monoisotopic (exact) mass is 125 g/mol. The van der Waals surface area contributed by atoms with Gasteiger partial charge in [-0.1, -0.05) is 0 Å². The molecule has 0 amide bonds. The van der Waals surface area contributed by atoms with Gasteiger partial charge in [-0.2, -0.15) is 4.68 Å². The minimum atomic E-state index is 0.560. The normalized spacial score (nSPS) is 10.7. The molecule has 1 heterocycles. The Morgan fingerprint density at radius 1 is 1.44 bits per heavy atom. The van der Waals surface area contributed by atoms with Gasteiger partial charge in [0.2, 0.25) is 0 Å². The average molecular weight is 125 g/mol. The average Bonchev–Trinajstić information content (AvgIpc) is 2.13. The first-order valence-corrected chi connectivity index (χ1v) is 3.24. The first-order valence-electron chi connectivity index (χ1n) is 3.24. The van der Waals surface area contributed by atoms with Crippen molar-refractivity contribution in [1.82, 2.24) is 4.68 Å². The number of rotatable bonds is 1. The molecule has 0 aliphatic heterocycles. The van der Waals surface area contributed by atoms with Crippen molar-refractivity contribution in [3.05, 3.63) is 18.5 Å². The Kier molecular flexibility index (Phi) is 1.56. The number of hydrogen-bond donors (Lipinski definition) is 0. The minimum Gasteiger partial charge on any atom is -0.159 e. The third-order valence-electron chi connectivity index (χ3n) is 1.43. The summed E-state index contributed by atoms with van der Waals surface area (Å²) in [5, 5.41) is 0. The van der Waals surface area contributed by atoms with Crippen LogP contribution in [0.2, 0.25) is 0 Å². The van der Waals surface area contributed by atoms with Gasteiger partial charge in [0.25, 0.3) is 0 Å². The van der Waals surface area contributed by atoms with E-state index in [1.165, 1.54) is 0 Å². The van der Waals surface area contributed by atoms with Gasteiger partial charge >= 0.3 is 0 Å². The van der Waals surface area contributed by atoms with Crippen molar-refractivity contribution in [3.8, 4) is 0 Å². The highest BCUT2D eigenvalue weighted by atomic mass is 15.4. The fourth-order valence-electron chi connectivity index (χ4n) is 0.970. The Morgan fingerprint density at radius 3 is 2.33 bits per heavy atom. The molecule has 0 fully saturated rings. The van der Waals surface area contributed by atoms with Crippen LogP contribution in [0.4, 0.5) is 0 Å². The van der Waals surface area contributed by atoms with E-state index in [0.29, 0.717) is 6.04 Å². The second kappa shape index (κ2) is 2.21. The third kappa shape index (κ3) is 1.12. The van der Waals surface area contributed by atoms with E-state index in [0.717, 1.165) is 0 Å². The van der Waals surface area contributed by atoms with Crippen molar-refractivity contribution >= 4 is 0 Å². The molecule has 50 valence electrons. The molecule has 0 atom stereocenters. The highest BCUT2D eigenvalue weighted by Crippen LogP contribution is 1.96. The summed E-state index contributed by atoms with van der Waals surface area (Å²) >= 11 is 0. The van der Waals surface area contributed by atoms with Gasteiger partial charge in [0.05, 0.1) is 12.2 Å². The quantitative estimate of drug-likeness (QED) is 0.493. The van der Waals surface area contributed by atoms with Crippen LogP contribution in [-0.2, 0) is 7.05 Å². The lowest BCUT2D eigenvalue weighted by Gasteiger charge is -2.01. The lowest BCUT2D eigenvalue weighted by Crippen LogP contribution is -2.38. The van der Waals surface area contributed by atoms with Gasteiger partial charge in [-0.15, -0.1) is 4.68 Å². The molecular weight excluding hydrogens is 112 g/mol. The Bertz CT molecular complexity index is 189. The number of aryl methyl sites for hydroxylation is 1. The molecular formula is C7H13N2+. The minimum absolute atomic E-state index is 0.560. The van der Waals surface area contributed by atoms with E-state index in [1.807, 2.05) is 19.3 Å². The summed E-state index contributed by atoms with van der Waals surface area (Å²) in [6.07, 6.45) is 4.12. The molecule has 9 heavy (non-hydrogen) atoms. The Labute approximate surface area is 55.7 Å². The largest absolute Gasteiger partial charge is 0.195 e. The Hall–Kier alpha value is -0.790. The van der Waals surface area contributed by atoms with E-state index in [9.17, 15) is 0 Å². The zero-order valence-electron chi connectivity index (χ0n) is 6.20. The fourth-order valence-corrected chi connectivity index (χ4v) is 0.970. The van der Waals surface area contributed by atoms with Crippen LogP contribution in [0.5, 0.6) is 0 Å². The summed E-state index contributed by atoms with van der Waals surface area (Å²) in [5.41, 5.74) is 0. The Balaban J connectivity index is 2.94. The molecule has 0 aliphatic carbocycles. The van der Waals surface area contributed by atoms with Crippen LogP contribution >= 0.6 is 0 Å². The second-order valence-corrected chi connectivity index (χ2v) is 2.54. The molecule has 0 saturated heterocycles. The molecule has 0 radical (unpaired) electrons. The van der Waals surface area contributed by atoms with E-state index >= 15 is 0 Å². The molecule has 1 aromatic heterocycles. The van der Waals surface area contributed by atoms with Gasteiger partial charge in [-0.3, -0.25) is 0 Å². The van der Waals surface area contributed by atoms with Gasteiger partial charge in [0.1, 0.15) is 0 Å². The maximum absolute atomic E-state index is 2.17. The molecule has 0 aliphatic rings. The number of nitrogens with zero attached hydrogens (tertiary/aromatic N) is 2. The van der Waals surface area contributed by atoms with Crippen molar-refractivity contribution in [1.29, 1.82) is 0 Å². The molecule has 2 heteroatoms. The standard InChI is InChI=1S/C7H13N2/c1-7(2)9-6-4-5-8(9)3/h4-7H,1-3H3/q+1. The lowest BCUT2D eigenvalue weighted by atomic mass is 10.4. The summed E-state index contributed by atoms with van der Waals surface area (Å²) in [5.74, 6) is 0. The van der Waals surface area contributed by atoms with Crippen LogP contribution in [0, 0.1) is 0 Å². The number of hydrogen-bond acceptors (Lipinski definition) is 0. The molecule has 0 spiro atoms. The molecule has 1 aromatic rings. The molecule has 0 bridgehead atoms. The van der Waals surface area contributed by atoms with Crippen molar-refractivity contribution in [2.24, 2.45) is 7.05 Å². The van der Waals surface area contributed by atoms with Crippen LogP contribution < -0.4 is 4.68 Å². The van der Waals surface area contributed by atoms with Crippen molar-refractivity contribution < 1.29 is 4.68 Å². The maximum Gasteiger partial charge on any atom is 0.195 e. The fraction of sp³-hybridized carbons (Fsp3) is 0.571. The first-order chi connectivity index (χ1) is 4.22. The van der Waals surface area contributed by atoms with Crippen LogP contribution in [0.15, 0.2) is 18.5 Å². The van der Waals surface area contributed by atoms with Crippen LogP contribution in [0.25, 0.3) is 0 Å². The topological polar surface area (TPSA) is 8.81 Å². The lowest BCUT2D eigenvalue weighted by molar-refractivity contribution is -0.755. The van der Waals surface area contributed by atoms with E-state index in [-0.39, 0.29) is 0 Å². The Morgan fingerprint density at radius 2 is 2.11 bits per heavy atom. The summed E-state index contributed by atoms with van der Waals surface area (Å²) in [6.45, 7) is 4.33. The van der Waals surface area contributed by atoms with E-state index in [4.69, 9.17) is 0 Å². The van der Waals surface area contributed by atoms with Crippen molar-refractivity contribution in [2.45, 2.75) is 19.9 Å². The molecule has 0 aromatic carbocycles. The highest BCUT2D eigenvalue weighted by Gasteiger charge is 2.03. The molecule has 0 unspecified atom stereocenters. The smallest absolute Gasteiger partial charge is 0.159 e. The zero-order valence-corrected chi connectivity index (χ0v) is 6.20. The van der Waals surface area contributed by atoms with Gasteiger partial charge in [-0.05, 0) is 13.8 Å². The van der Waals surface area contributed by atoms with Crippen LogP contribution in [0.3, 0.4) is 0 Å². The summed E-state index contributed by atoms with van der Waals surface area (Å²) in [7, 11) is 2.04. The molecule has 0 N–H and O–H groups in total. The van der Waals surface area contributed by atoms with Gasteiger partial charge in [0.15, 0.2) is 13.2 Å². The predicted molar refractivity (Wildman–Crippen MR) is 36.0 cm³/mol. The summed E-state index contributed by atoms with van der Waals surface area (Å²) in [6, 6.07) is 2.60. The highest BCUT2D eigenvalue weighted by molar-refractivity contribution is 4.72. The third-order valence-corrected chi connectivity index (χ3v) is 1.43. The maximum atomic E-state index is 2.17. The van der Waals surface area contributed by atoms with Crippen molar-refractivity contribution in [3.63, 3.8) is 0 Å². The SMILES string of the molecule is CC(C)n1ccc[n+]1C. The zero-order chi connectivity index (χ0) is 6.85. The van der Waals surface area contributed by atoms with E-state index in [1.54, 1.807) is 0 Å². The number of aromatic nitrogens is 2. The van der Waals surface area contributed by atoms with Gasteiger partial charge < -0.3 is 0 Å². The molecule has 1 rings (SSSR count). The summed E-state index contributed by atoms with van der Waals surface area (Å²) in [4.78, 5) is 0. The molecule has 0 saturated carbocycles.